The molecule has 0 unspecified atom stereocenters. The van der Waals surface area contributed by atoms with Gasteiger partial charge in [0.05, 0.1) is 10.6 Å². The third-order valence-electron chi connectivity index (χ3n) is 6.06. The van der Waals surface area contributed by atoms with Crippen molar-refractivity contribution < 1.29 is 13.2 Å². The lowest BCUT2D eigenvalue weighted by molar-refractivity contribution is -0.118. The highest BCUT2D eigenvalue weighted by molar-refractivity contribution is 7.89. The molecule has 7 heteroatoms. The molecule has 5 nitrogen and oxygen atoms in total. The smallest absolute Gasteiger partial charge is 0.243 e. The minimum absolute atomic E-state index is 0.160. The average molecular weight is 403 g/mol. The fraction of sp³-hybridized carbons (Fsp3) is 0.450. The van der Waals surface area contributed by atoms with Gasteiger partial charge in [-0.3, -0.25) is 4.79 Å². The monoisotopic (exact) mass is 402 g/mol. The van der Waals surface area contributed by atoms with Crippen LogP contribution in [0.2, 0.25) is 0 Å². The third-order valence-corrected chi connectivity index (χ3v) is 8.97. The molecule has 0 bridgehead atoms. The topological polar surface area (TPSA) is 57.7 Å². The van der Waals surface area contributed by atoms with E-state index in [4.69, 9.17) is 0 Å². The van der Waals surface area contributed by atoms with Crippen LogP contribution in [0.3, 0.4) is 0 Å². The van der Waals surface area contributed by atoms with Gasteiger partial charge in [-0.2, -0.15) is 4.31 Å². The van der Waals surface area contributed by atoms with E-state index in [9.17, 15) is 13.2 Å². The normalized spacial score (nSPS) is 20.9. The summed E-state index contributed by atoms with van der Waals surface area (Å²) in [5.41, 5.74) is 2.99. The van der Waals surface area contributed by atoms with Gasteiger partial charge in [0.1, 0.15) is 0 Å². The Hall–Kier alpha value is -1.70. The lowest BCUT2D eigenvalue weighted by Gasteiger charge is -2.31. The predicted molar refractivity (Wildman–Crippen MR) is 106 cm³/mol. The lowest BCUT2D eigenvalue weighted by Crippen LogP contribution is -2.38. The van der Waals surface area contributed by atoms with E-state index in [-0.39, 0.29) is 5.91 Å². The zero-order valence-corrected chi connectivity index (χ0v) is 16.7. The number of carbonyl (C=O) groups is 1. The van der Waals surface area contributed by atoms with Crippen LogP contribution in [-0.4, -0.2) is 38.3 Å². The largest absolute Gasteiger partial charge is 0.312 e. The minimum Gasteiger partial charge on any atom is -0.312 e. The standard InChI is InChI=1S/C20H22N2O3S2/c23-19-4-3-15-12-17(13-16-7-10-22(19)20(15)16)27(24,25)21-8-5-14(6-9-21)18-2-1-11-26-18/h1-2,11-14H,3-10H2. The maximum absolute atomic E-state index is 13.3. The van der Waals surface area contributed by atoms with Gasteiger partial charge in [0.15, 0.2) is 0 Å². The lowest BCUT2D eigenvalue weighted by atomic mass is 9.97. The number of carbonyl (C=O) groups excluding carboxylic acids is 1. The highest BCUT2D eigenvalue weighted by Gasteiger charge is 2.35. The first-order valence-electron chi connectivity index (χ1n) is 9.54. The summed E-state index contributed by atoms with van der Waals surface area (Å²) in [5, 5.41) is 2.09. The number of amides is 1. The molecule has 142 valence electrons. The van der Waals surface area contributed by atoms with Crippen LogP contribution >= 0.6 is 11.3 Å². The Morgan fingerprint density at radius 3 is 2.44 bits per heavy atom. The van der Waals surface area contributed by atoms with E-state index in [1.807, 2.05) is 11.0 Å². The molecule has 0 aliphatic carbocycles. The van der Waals surface area contributed by atoms with Crippen molar-refractivity contribution in [3.8, 4) is 0 Å². The van der Waals surface area contributed by atoms with Gasteiger partial charge < -0.3 is 4.90 Å². The number of piperidine rings is 1. The van der Waals surface area contributed by atoms with Crippen molar-refractivity contribution in [3.63, 3.8) is 0 Å². The summed E-state index contributed by atoms with van der Waals surface area (Å²) in [7, 11) is -3.48. The van der Waals surface area contributed by atoms with Crippen molar-refractivity contribution in [1.29, 1.82) is 0 Å². The van der Waals surface area contributed by atoms with Crippen LogP contribution in [0.4, 0.5) is 5.69 Å². The number of anilines is 1. The Kier molecular flexibility index (Phi) is 4.14. The zero-order valence-electron chi connectivity index (χ0n) is 15.1. The predicted octanol–water partition coefficient (Wildman–Crippen LogP) is 3.15. The second-order valence-corrected chi connectivity index (χ2v) is 10.5. The van der Waals surface area contributed by atoms with Crippen molar-refractivity contribution >= 4 is 33.0 Å². The van der Waals surface area contributed by atoms with Gasteiger partial charge in [-0.05, 0) is 66.3 Å². The molecule has 1 amide bonds. The van der Waals surface area contributed by atoms with Crippen LogP contribution in [0.1, 0.15) is 41.2 Å². The van der Waals surface area contributed by atoms with Gasteiger partial charge in [0.25, 0.3) is 0 Å². The highest BCUT2D eigenvalue weighted by atomic mass is 32.2. The van der Waals surface area contributed by atoms with Crippen LogP contribution in [0.15, 0.2) is 34.5 Å². The van der Waals surface area contributed by atoms with Crippen LogP contribution in [0.5, 0.6) is 0 Å². The molecule has 1 saturated heterocycles. The molecule has 3 aliphatic rings. The Balaban J connectivity index is 1.41. The van der Waals surface area contributed by atoms with Gasteiger partial charge in [-0.1, -0.05) is 6.07 Å². The van der Waals surface area contributed by atoms with Gasteiger partial charge >= 0.3 is 0 Å². The molecular weight excluding hydrogens is 380 g/mol. The minimum atomic E-state index is -3.48. The van der Waals surface area contributed by atoms with E-state index in [2.05, 4.69) is 17.5 Å². The van der Waals surface area contributed by atoms with Gasteiger partial charge in [-0.25, -0.2) is 8.42 Å². The number of hydrogen-bond acceptors (Lipinski definition) is 4. The summed E-state index contributed by atoms with van der Waals surface area (Å²) in [5.74, 6) is 0.629. The summed E-state index contributed by atoms with van der Waals surface area (Å²) >= 11 is 1.76. The van der Waals surface area contributed by atoms with Crippen molar-refractivity contribution in [1.82, 2.24) is 4.31 Å². The molecule has 27 heavy (non-hydrogen) atoms. The van der Waals surface area contributed by atoms with E-state index in [0.717, 1.165) is 36.1 Å². The molecule has 0 saturated carbocycles. The molecule has 2 aromatic rings. The number of benzene rings is 1. The van der Waals surface area contributed by atoms with Crippen LogP contribution in [0.25, 0.3) is 0 Å². The van der Waals surface area contributed by atoms with E-state index < -0.39 is 10.0 Å². The second kappa shape index (κ2) is 6.43. The van der Waals surface area contributed by atoms with E-state index >= 15 is 0 Å². The molecule has 3 aliphatic heterocycles. The number of nitrogens with zero attached hydrogens (tertiary/aromatic N) is 2. The molecule has 0 atom stereocenters. The number of sulfonamides is 1. The first-order chi connectivity index (χ1) is 13.0. The molecule has 4 heterocycles. The number of hydrogen-bond donors (Lipinski definition) is 0. The second-order valence-electron chi connectivity index (χ2n) is 7.58. The van der Waals surface area contributed by atoms with E-state index in [1.54, 1.807) is 21.7 Å². The van der Waals surface area contributed by atoms with E-state index in [1.165, 1.54) is 4.88 Å². The molecule has 5 rings (SSSR count). The zero-order chi connectivity index (χ0) is 18.6. The van der Waals surface area contributed by atoms with Crippen LogP contribution < -0.4 is 4.90 Å². The SMILES string of the molecule is O=C1CCc2cc(S(=O)(=O)N3CCC(c4cccs4)CC3)cc3c2N1CC3. The van der Waals surface area contributed by atoms with Crippen LogP contribution in [0, 0.1) is 0 Å². The van der Waals surface area contributed by atoms with Crippen LogP contribution in [-0.2, 0) is 27.7 Å². The maximum atomic E-state index is 13.3. The number of thiophene rings is 1. The number of aryl methyl sites for hydroxylation is 1. The van der Waals surface area contributed by atoms with E-state index in [0.29, 0.717) is 43.3 Å². The van der Waals surface area contributed by atoms with Crippen molar-refractivity contribution in [2.75, 3.05) is 24.5 Å². The fourth-order valence-corrected chi connectivity index (χ4v) is 7.10. The Morgan fingerprint density at radius 1 is 1.00 bits per heavy atom. The van der Waals surface area contributed by atoms with Crippen molar-refractivity contribution in [3.05, 3.63) is 45.6 Å². The summed E-state index contributed by atoms with van der Waals surface area (Å²) in [4.78, 5) is 15.7. The molecule has 0 spiro atoms. The summed E-state index contributed by atoms with van der Waals surface area (Å²) in [6.07, 6.45) is 3.61. The molecule has 1 aromatic heterocycles. The fourth-order valence-electron chi connectivity index (χ4n) is 4.63. The van der Waals surface area contributed by atoms with Gasteiger partial charge in [0.2, 0.25) is 15.9 Å². The Morgan fingerprint density at radius 2 is 1.74 bits per heavy atom. The summed E-state index contributed by atoms with van der Waals surface area (Å²) in [6, 6.07) is 7.83. The summed E-state index contributed by atoms with van der Waals surface area (Å²) in [6.45, 7) is 1.82. The van der Waals surface area contributed by atoms with Crippen molar-refractivity contribution in [2.45, 2.75) is 42.9 Å². The molecule has 0 radical (unpaired) electrons. The quantitative estimate of drug-likeness (QED) is 0.792. The molecule has 0 N–H and O–H groups in total. The molecule has 1 aromatic carbocycles. The third kappa shape index (κ3) is 2.83. The Labute approximate surface area is 163 Å². The first-order valence-corrected chi connectivity index (χ1v) is 11.9. The maximum Gasteiger partial charge on any atom is 0.243 e. The van der Waals surface area contributed by atoms with Gasteiger partial charge in [0, 0.05) is 30.9 Å². The molecular formula is C20H22N2O3S2. The first kappa shape index (κ1) is 17.4. The van der Waals surface area contributed by atoms with Gasteiger partial charge in [-0.15, -0.1) is 11.3 Å². The Bertz CT molecular complexity index is 990. The van der Waals surface area contributed by atoms with Crippen molar-refractivity contribution in [2.24, 2.45) is 0 Å². The molecule has 1 fully saturated rings. The highest BCUT2D eigenvalue weighted by Crippen LogP contribution is 2.39. The average Bonchev–Trinajstić information content (AvgIpc) is 3.35. The summed E-state index contributed by atoms with van der Waals surface area (Å²) < 4.78 is 28.2. The number of rotatable bonds is 3.